The van der Waals surface area contributed by atoms with Crippen molar-refractivity contribution in [2.24, 2.45) is 11.8 Å². The average molecular weight is 1020 g/mol. The quantitative estimate of drug-likeness (QED) is 0.0461. The van der Waals surface area contributed by atoms with Crippen LogP contribution >= 0.6 is 45.7 Å². The molecule has 0 fully saturated rings. The monoisotopic (exact) mass is 1020 g/mol. The number of anilines is 3. The van der Waals surface area contributed by atoms with Crippen molar-refractivity contribution in [3.63, 3.8) is 0 Å². The van der Waals surface area contributed by atoms with Crippen molar-refractivity contribution in [3.8, 4) is 47.3 Å². The van der Waals surface area contributed by atoms with Gasteiger partial charge in [-0.05, 0) is 0 Å². The summed E-state index contributed by atoms with van der Waals surface area (Å²) in [5.74, 6) is 0.140. The van der Waals surface area contributed by atoms with Gasteiger partial charge in [-0.15, -0.1) is 0 Å². The molecule has 0 saturated heterocycles. The number of unbranched alkanes of at least 4 members (excludes halogenated alkanes) is 2. The van der Waals surface area contributed by atoms with E-state index in [2.05, 4.69) is 130 Å². The van der Waals surface area contributed by atoms with Crippen LogP contribution in [0.4, 0.5) is 17.1 Å². The molecule has 0 spiro atoms. The SMILES string of the molecule is CCCCC(CC)[CH2][Ge]1([CH2]C(CC)CCCC)[c]2cc(-c3ccc(N(c4ccccc4)c4ccccc4)cc3)sc2-c2sc(-c3cnc(-c4ccc(/C=C(/C#N)C(=O)O)s4)c4nsnc34)c[c]21. The molecule has 2 unspecified atom stereocenters. The molecule has 0 radical (unpaired) electrons. The Morgan fingerprint density at radius 2 is 1.28 bits per heavy atom. The second-order valence-electron chi connectivity index (χ2n) is 17.7. The van der Waals surface area contributed by atoms with Crippen molar-refractivity contribution in [2.75, 3.05) is 4.90 Å². The number of rotatable bonds is 20. The normalized spacial score (nSPS) is 15.3. The van der Waals surface area contributed by atoms with Crippen molar-refractivity contribution in [1.82, 2.24) is 13.7 Å². The predicted molar refractivity (Wildman–Crippen MR) is 288 cm³/mol. The standard InChI is InChI=1S/C55H55GeN5O2S4/c1-5-9-17-36(7-3)32-56(33-37(8-4)18-10-6-2)45-30-48(38-23-25-42(26-24-38)61(40-19-13-11-14-20-40)41-21-15-12-16-22-41)65-53(45)54-46(56)31-49(66-54)44-35-58-51(52-50(44)59-67-60-52)47-28-27-43(64-47)29-39(34-57)55(62)63/h11-16,19-31,35-37H,5-10,17-18,32-33H2,1-4H3,(H,62,63)/b39-29-. The first-order valence-corrected chi connectivity index (χ1v) is 31.9. The Balaban J connectivity index is 1.16. The number of carbonyl (C=O) groups is 1. The van der Waals surface area contributed by atoms with E-state index >= 15 is 0 Å². The van der Waals surface area contributed by atoms with Crippen LogP contribution in [0.3, 0.4) is 0 Å². The van der Waals surface area contributed by atoms with Gasteiger partial charge in [-0.1, -0.05) is 0 Å². The Kier molecular flexibility index (Phi) is 14.7. The molecule has 8 aromatic rings. The summed E-state index contributed by atoms with van der Waals surface area (Å²) in [6.45, 7) is 9.52. The second-order valence-corrected chi connectivity index (χ2v) is 30.0. The van der Waals surface area contributed by atoms with Gasteiger partial charge in [0.15, 0.2) is 0 Å². The van der Waals surface area contributed by atoms with E-state index in [9.17, 15) is 15.2 Å². The molecule has 340 valence electrons. The van der Waals surface area contributed by atoms with Crippen LogP contribution in [0.1, 0.15) is 83.9 Å². The zero-order chi connectivity index (χ0) is 46.5. The molecule has 5 aromatic heterocycles. The summed E-state index contributed by atoms with van der Waals surface area (Å²) in [4.78, 5) is 26.0. The summed E-state index contributed by atoms with van der Waals surface area (Å²) in [5, 5.41) is 21.5. The first-order chi connectivity index (χ1) is 32.8. The number of aliphatic carboxylic acids is 1. The Labute approximate surface area is 413 Å². The van der Waals surface area contributed by atoms with E-state index in [-0.39, 0.29) is 5.57 Å². The van der Waals surface area contributed by atoms with Crippen LogP contribution in [0, 0.1) is 23.2 Å². The molecular weight excluding hydrogens is 964 g/mol. The minimum atomic E-state index is -3.10. The van der Waals surface area contributed by atoms with Gasteiger partial charge in [0.05, 0.1) is 0 Å². The predicted octanol–water partition coefficient (Wildman–Crippen LogP) is 15.7. The summed E-state index contributed by atoms with van der Waals surface area (Å²) >= 11 is 3.42. The Morgan fingerprint density at radius 3 is 1.85 bits per heavy atom. The topological polar surface area (TPSA) is 103 Å². The summed E-state index contributed by atoms with van der Waals surface area (Å²) in [7, 11) is 0. The van der Waals surface area contributed by atoms with E-state index in [0.29, 0.717) is 16.7 Å². The van der Waals surface area contributed by atoms with Crippen LogP contribution in [0.5, 0.6) is 0 Å². The van der Waals surface area contributed by atoms with Crippen LogP contribution in [-0.4, -0.2) is 38.1 Å². The number of nitrogens with zero attached hydrogens (tertiary/aromatic N) is 5. The third kappa shape index (κ3) is 9.48. The van der Waals surface area contributed by atoms with Gasteiger partial charge in [-0.25, -0.2) is 4.79 Å². The Hall–Kier alpha value is -5.23. The van der Waals surface area contributed by atoms with Crippen molar-refractivity contribution < 1.29 is 9.90 Å². The number of fused-ring (bicyclic) bond motifs is 4. The van der Waals surface area contributed by atoms with Crippen LogP contribution in [0.15, 0.2) is 121 Å². The van der Waals surface area contributed by atoms with Gasteiger partial charge >= 0.3 is 395 Å². The van der Waals surface area contributed by atoms with E-state index in [0.717, 1.165) is 44.2 Å². The van der Waals surface area contributed by atoms with Gasteiger partial charge in [0, 0.05) is 0 Å². The molecular formula is C55H55GeN5O2S4. The van der Waals surface area contributed by atoms with Crippen molar-refractivity contribution in [2.45, 2.75) is 89.6 Å². The summed E-state index contributed by atoms with van der Waals surface area (Å²) in [6.07, 6.45) is 13.4. The number of pyridine rings is 1. The van der Waals surface area contributed by atoms with Crippen LogP contribution in [-0.2, 0) is 4.79 Å². The number of aromatic nitrogens is 3. The van der Waals surface area contributed by atoms with Gasteiger partial charge in [-0.2, -0.15) is 5.26 Å². The van der Waals surface area contributed by atoms with Gasteiger partial charge in [0.1, 0.15) is 6.07 Å². The maximum absolute atomic E-state index is 11.6. The Morgan fingerprint density at radius 1 is 0.716 bits per heavy atom. The number of nitriles is 1. The molecule has 6 heterocycles. The molecule has 0 saturated carbocycles. The molecule has 3 aromatic carbocycles. The molecule has 7 nitrogen and oxygen atoms in total. The van der Waals surface area contributed by atoms with Crippen LogP contribution in [0.2, 0.25) is 10.5 Å². The van der Waals surface area contributed by atoms with Gasteiger partial charge in [-0.3, -0.25) is 0 Å². The third-order valence-electron chi connectivity index (χ3n) is 13.6. The molecule has 67 heavy (non-hydrogen) atoms. The van der Waals surface area contributed by atoms with Gasteiger partial charge in [0.25, 0.3) is 0 Å². The summed E-state index contributed by atoms with van der Waals surface area (Å²) in [5.41, 5.74) is 7.70. The minimum absolute atomic E-state index is 0.303. The third-order valence-corrected chi connectivity index (χ3v) is 29.7. The van der Waals surface area contributed by atoms with E-state index in [1.807, 2.05) is 41.0 Å². The van der Waals surface area contributed by atoms with Crippen molar-refractivity contribution in [3.05, 3.63) is 126 Å². The molecule has 0 aliphatic carbocycles. The maximum atomic E-state index is 11.6. The number of hydrogen-bond donors (Lipinski definition) is 1. The number of thiophene rings is 3. The van der Waals surface area contributed by atoms with Gasteiger partial charge in [0.2, 0.25) is 0 Å². The van der Waals surface area contributed by atoms with Crippen LogP contribution < -0.4 is 13.7 Å². The molecule has 2 atom stereocenters. The first kappa shape index (κ1) is 46.9. The second kappa shape index (κ2) is 21.0. The zero-order valence-corrected chi connectivity index (χ0v) is 43.9. The number of hydrogen-bond acceptors (Lipinski definition) is 10. The zero-order valence-electron chi connectivity index (χ0n) is 38.5. The number of carboxylic acid groups (broad SMARTS) is 1. The average Bonchev–Trinajstić information content (AvgIpc) is 4.22. The summed E-state index contributed by atoms with van der Waals surface area (Å²) in [6, 6.07) is 41.3. The van der Waals surface area contributed by atoms with Crippen molar-refractivity contribution in [1.29, 1.82) is 5.26 Å². The van der Waals surface area contributed by atoms with E-state index in [1.165, 1.54) is 116 Å². The molecule has 1 aliphatic rings. The van der Waals surface area contributed by atoms with E-state index in [4.69, 9.17) is 13.7 Å². The fraction of sp³-hybridized carbons (Fsp3) is 0.291. The van der Waals surface area contributed by atoms with E-state index in [1.54, 1.807) is 14.9 Å². The number of para-hydroxylation sites is 2. The fourth-order valence-electron chi connectivity index (χ4n) is 10.00. The van der Waals surface area contributed by atoms with Crippen molar-refractivity contribution >= 4 is 108 Å². The van der Waals surface area contributed by atoms with Gasteiger partial charge < -0.3 is 5.11 Å². The number of benzene rings is 3. The molecule has 12 heteroatoms. The first-order valence-electron chi connectivity index (χ1n) is 23.7. The fourth-order valence-corrected chi connectivity index (χ4v) is 30.4. The molecule has 0 bridgehead atoms. The molecule has 1 aliphatic heterocycles. The molecule has 1 N–H and O–H groups in total. The summed E-state index contributed by atoms with van der Waals surface area (Å²) < 4.78 is 13.1. The van der Waals surface area contributed by atoms with E-state index < -0.39 is 19.2 Å². The number of carboxylic acids is 1. The molecule has 9 rings (SSSR count). The Bertz CT molecular complexity index is 3000. The van der Waals surface area contributed by atoms with Crippen LogP contribution in [0.25, 0.3) is 58.3 Å². The molecule has 0 amide bonds.